The summed E-state index contributed by atoms with van der Waals surface area (Å²) in [6, 6.07) is 15.2. The average Bonchev–Trinajstić information content (AvgIpc) is 3.45. The largest absolute Gasteiger partial charge is 0.464 e. The maximum absolute atomic E-state index is 13.0. The second-order valence-corrected chi connectivity index (χ2v) is 8.28. The first-order valence-electron chi connectivity index (χ1n) is 11.4. The minimum absolute atomic E-state index is 0.293. The van der Waals surface area contributed by atoms with Gasteiger partial charge in [0, 0.05) is 34.1 Å². The number of carbonyl (C=O) groups excluding carboxylic acids is 2. The summed E-state index contributed by atoms with van der Waals surface area (Å²) in [5.41, 5.74) is 2.23. The molecule has 0 saturated carbocycles. The number of aliphatic imine (C=N–C) groups is 1. The van der Waals surface area contributed by atoms with E-state index >= 15 is 0 Å². The second kappa shape index (κ2) is 8.99. The van der Waals surface area contributed by atoms with Gasteiger partial charge in [-0.3, -0.25) is 24.9 Å². The molecule has 8 heteroatoms. The Hall–Kier alpha value is -4.98. The van der Waals surface area contributed by atoms with Gasteiger partial charge in [0.15, 0.2) is 0 Å². The van der Waals surface area contributed by atoms with Gasteiger partial charge >= 0.3 is 0 Å². The zero-order valence-electron chi connectivity index (χ0n) is 19.0. The number of aromatic nitrogens is 1. The molecule has 0 atom stereocenters. The van der Waals surface area contributed by atoms with Crippen LogP contribution in [0.15, 0.2) is 107 Å². The van der Waals surface area contributed by atoms with Crippen LogP contribution in [-0.2, 0) is 25.6 Å². The minimum Gasteiger partial charge on any atom is -0.464 e. The van der Waals surface area contributed by atoms with Crippen molar-refractivity contribution < 1.29 is 19.1 Å². The van der Waals surface area contributed by atoms with Crippen LogP contribution in [0.5, 0.6) is 0 Å². The van der Waals surface area contributed by atoms with E-state index in [2.05, 4.69) is 15.3 Å². The Morgan fingerprint density at radius 1 is 0.889 bits per heavy atom. The number of imide groups is 1. The topological polar surface area (TPSA) is 94.3 Å². The molecule has 1 aromatic heterocycles. The number of ether oxygens (including phenoxy) is 2. The van der Waals surface area contributed by atoms with Crippen molar-refractivity contribution in [1.82, 2.24) is 9.88 Å². The van der Waals surface area contributed by atoms with Gasteiger partial charge in [0.05, 0.1) is 41.9 Å². The highest BCUT2D eigenvalue weighted by atomic mass is 16.5. The monoisotopic (exact) mass is 476 g/mol. The molecule has 6 rings (SSSR count). The van der Waals surface area contributed by atoms with E-state index in [0.29, 0.717) is 40.3 Å². The molecule has 36 heavy (non-hydrogen) atoms. The Bertz CT molecular complexity index is 1700. The zero-order chi connectivity index (χ0) is 24.5. The van der Waals surface area contributed by atoms with Crippen LogP contribution in [0, 0.1) is 0 Å². The normalized spacial score (nSPS) is 21.0. The number of allylic oxidation sites excluding steroid dienone is 2. The second-order valence-electron chi connectivity index (χ2n) is 8.28. The van der Waals surface area contributed by atoms with E-state index in [-0.39, 0.29) is 0 Å². The van der Waals surface area contributed by atoms with Gasteiger partial charge < -0.3 is 14.0 Å². The smallest absolute Gasteiger partial charge is 0.259 e. The summed E-state index contributed by atoms with van der Waals surface area (Å²) in [4.78, 5) is 34.6. The maximum atomic E-state index is 13.0. The van der Waals surface area contributed by atoms with Gasteiger partial charge in [0.2, 0.25) is 0 Å². The Morgan fingerprint density at radius 2 is 1.67 bits per heavy atom. The van der Waals surface area contributed by atoms with Crippen molar-refractivity contribution in [3.8, 4) is 0 Å². The molecule has 0 unspecified atom stereocenters. The molecule has 8 nitrogen and oxygen atoms in total. The molecule has 0 spiro atoms. The van der Waals surface area contributed by atoms with Crippen molar-refractivity contribution in [2.24, 2.45) is 9.98 Å². The average molecular weight is 476 g/mol. The molecule has 3 heterocycles. The Kier molecular flexibility index (Phi) is 5.38. The Morgan fingerprint density at radius 3 is 2.56 bits per heavy atom. The molecular weight excluding hydrogens is 456 g/mol. The van der Waals surface area contributed by atoms with E-state index < -0.39 is 11.8 Å². The van der Waals surface area contributed by atoms with Crippen molar-refractivity contribution in [2.75, 3.05) is 0 Å². The molecule has 0 radical (unpaired) electrons. The molecule has 2 amide bonds. The molecule has 0 fully saturated rings. The summed E-state index contributed by atoms with van der Waals surface area (Å²) in [5, 5.41) is 4.65. The third-order valence-corrected chi connectivity index (χ3v) is 6.00. The van der Waals surface area contributed by atoms with Crippen molar-refractivity contribution in [2.45, 2.75) is 13.0 Å². The summed E-state index contributed by atoms with van der Waals surface area (Å²) < 4.78 is 13.1. The fourth-order valence-electron chi connectivity index (χ4n) is 4.24. The molecular formula is C28H20N4O4. The van der Waals surface area contributed by atoms with E-state index in [9.17, 15) is 9.59 Å². The molecule has 2 bridgehead atoms. The van der Waals surface area contributed by atoms with Crippen LogP contribution in [0.25, 0.3) is 22.6 Å². The highest BCUT2D eigenvalue weighted by Gasteiger charge is 2.31. The predicted octanol–water partition coefficient (Wildman–Crippen LogP) is 2.83. The molecule has 0 saturated heterocycles. The number of nitrogens with one attached hydrogen (secondary N) is 1. The zero-order valence-corrected chi connectivity index (χ0v) is 19.0. The Balaban J connectivity index is 1.57. The van der Waals surface area contributed by atoms with E-state index in [1.165, 1.54) is 18.7 Å². The van der Waals surface area contributed by atoms with Gasteiger partial charge in [-0.25, -0.2) is 0 Å². The number of fused-ring (bicyclic) bond motifs is 7. The van der Waals surface area contributed by atoms with Gasteiger partial charge in [-0.2, -0.15) is 0 Å². The molecule has 2 aromatic carbocycles. The highest BCUT2D eigenvalue weighted by Crippen LogP contribution is 2.33. The third kappa shape index (κ3) is 4.05. The first-order chi connectivity index (χ1) is 17.7. The number of para-hydroxylation sites is 2. The van der Waals surface area contributed by atoms with Crippen molar-refractivity contribution >= 4 is 40.6 Å². The summed E-state index contributed by atoms with van der Waals surface area (Å²) in [5.74, 6) is 0.599. The van der Waals surface area contributed by atoms with Gasteiger partial charge in [-0.05, 0) is 18.2 Å². The van der Waals surface area contributed by atoms with E-state index in [1.807, 2.05) is 59.3 Å². The highest BCUT2D eigenvalue weighted by molar-refractivity contribution is 6.40. The van der Waals surface area contributed by atoms with Crippen molar-refractivity contribution in [3.63, 3.8) is 0 Å². The number of benzene rings is 2. The SMILES string of the molecule is O=C1NC(=O)C2=C1\C=c1/cccc/c1=N\C=C/OC1=C(C1)O/C=C/N=CCn1cc2c2ccccc21. The predicted molar refractivity (Wildman–Crippen MR) is 134 cm³/mol. The number of hydrogen-bond acceptors (Lipinski definition) is 6. The van der Waals surface area contributed by atoms with E-state index in [1.54, 1.807) is 18.5 Å². The lowest BCUT2D eigenvalue weighted by Crippen LogP contribution is -2.26. The van der Waals surface area contributed by atoms with Crippen LogP contribution in [-0.4, -0.2) is 22.6 Å². The van der Waals surface area contributed by atoms with Crippen LogP contribution >= 0.6 is 0 Å². The minimum atomic E-state index is -0.442. The van der Waals surface area contributed by atoms with Crippen LogP contribution in [0.4, 0.5) is 0 Å². The van der Waals surface area contributed by atoms with E-state index in [0.717, 1.165) is 22.4 Å². The van der Waals surface area contributed by atoms with Crippen LogP contribution in [0.1, 0.15) is 12.0 Å². The van der Waals surface area contributed by atoms with E-state index in [4.69, 9.17) is 9.47 Å². The third-order valence-electron chi connectivity index (χ3n) is 6.00. The van der Waals surface area contributed by atoms with Gasteiger partial charge in [0.1, 0.15) is 24.0 Å². The molecule has 2 aliphatic heterocycles. The molecule has 3 aliphatic rings. The van der Waals surface area contributed by atoms with Crippen LogP contribution in [0.3, 0.4) is 0 Å². The lowest BCUT2D eigenvalue weighted by Gasteiger charge is -2.00. The summed E-state index contributed by atoms with van der Waals surface area (Å²) in [6.45, 7) is 0.469. The maximum Gasteiger partial charge on any atom is 0.259 e. The molecule has 1 aliphatic carbocycles. The van der Waals surface area contributed by atoms with Crippen LogP contribution in [0.2, 0.25) is 0 Å². The first-order valence-corrected chi connectivity index (χ1v) is 11.4. The lowest BCUT2D eigenvalue weighted by atomic mass is 10.00. The summed E-state index contributed by atoms with van der Waals surface area (Å²) in [7, 11) is 0. The molecule has 1 N–H and O–H groups in total. The fraction of sp³-hybridized carbons (Fsp3) is 0.0714. The summed E-state index contributed by atoms with van der Waals surface area (Å²) in [6.07, 6.45) is 12.0. The van der Waals surface area contributed by atoms with Gasteiger partial charge in [-0.1, -0.05) is 36.4 Å². The molecule has 176 valence electrons. The van der Waals surface area contributed by atoms with Gasteiger partial charge in [-0.15, -0.1) is 0 Å². The number of rotatable bonds is 0. The van der Waals surface area contributed by atoms with Gasteiger partial charge in [0.25, 0.3) is 11.8 Å². The fourth-order valence-corrected chi connectivity index (χ4v) is 4.24. The molecule has 3 aromatic rings. The number of nitrogens with zero attached hydrogens (tertiary/aromatic N) is 3. The van der Waals surface area contributed by atoms with Crippen LogP contribution < -0.4 is 15.9 Å². The lowest BCUT2D eigenvalue weighted by molar-refractivity contribution is -0.123. The van der Waals surface area contributed by atoms with Crippen molar-refractivity contribution in [3.05, 3.63) is 113 Å². The van der Waals surface area contributed by atoms with Crippen molar-refractivity contribution in [1.29, 1.82) is 0 Å². The number of carbonyl (C=O) groups is 2. The Labute approximate surface area is 205 Å². The number of hydrogen-bond donors (Lipinski definition) is 1. The first kappa shape index (κ1) is 21.5. The number of amides is 2. The quantitative estimate of drug-likeness (QED) is 0.505. The summed E-state index contributed by atoms with van der Waals surface area (Å²) >= 11 is 0. The standard InChI is InChI=1S/C28H20N4O4/c33-27-20-15-18-5-1-3-7-22(18)30-11-14-36-25-16-24(25)35-13-10-29-9-12-32-17-21(26(20)28(34)31-27)19-6-2-4-8-23(19)32/h1-11,13-15,17H,12,16H2,(H,31,33,34)/b13-10+,14-11-,18-15+,29-9?,30-22+.